The van der Waals surface area contributed by atoms with E-state index in [1.165, 1.54) is 6.20 Å². The zero-order chi connectivity index (χ0) is 16.3. The molecule has 2 aliphatic rings. The van der Waals surface area contributed by atoms with Crippen molar-refractivity contribution >= 4 is 5.91 Å². The van der Waals surface area contributed by atoms with E-state index in [1.807, 2.05) is 6.07 Å². The van der Waals surface area contributed by atoms with Gasteiger partial charge in [-0.15, -0.1) is 0 Å². The number of nitrogens with zero attached hydrogens (tertiary/aromatic N) is 2. The molecule has 2 fully saturated rings. The van der Waals surface area contributed by atoms with Gasteiger partial charge < -0.3 is 20.1 Å². The first-order chi connectivity index (χ1) is 11.3. The fraction of sp³-hybridized carbons (Fsp3) is 0.750. The number of hydrogen-bond donors (Lipinski definition) is 2. The standard InChI is InChI=1S/C16H26N4O3/c17-11-14(16(21)19-13-15-3-1-8-23-15)12-18-4-2-5-20-6-9-22-10-7-20/h12,15,18H,1-10,13H2,(H,19,21)/b14-12-. The van der Waals surface area contributed by atoms with Gasteiger partial charge in [-0.1, -0.05) is 0 Å². The summed E-state index contributed by atoms with van der Waals surface area (Å²) >= 11 is 0. The topological polar surface area (TPSA) is 86.6 Å². The number of ether oxygens (including phenoxy) is 2. The second-order valence-electron chi connectivity index (χ2n) is 5.78. The number of carbonyl (C=O) groups excluding carboxylic acids is 1. The zero-order valence-electron chi connectivity index (χ0n) is 13.6. The second-order valence-corrected chi connectivity index (χ2v) is 5.78. The fourth-order valence-corrected chi connectivity index (χ4v) is 2.66. The van der Waals surface area contributed by atoms with Gasteiger partial charge >= 0.3 is 0 Å². The van der Waals surface area contributed by atoms with Gasteiger partial charge in [-0.2, -0.15) is 5.26 Å². The first kappa shape index (κ1) is 17.7. The quantitative estimate of drug-likeness (QED) is 0.372. The molecule has 7 nitrogen and oxygen atoms in total. The largest absolute Gasteiger partial charge is 0.390 e. The number of morpholine rings is 1. The monoisotopic (exact) mass is 322 g/mol. The molecule has 2 saturated heterocycles. The molecule has 0 spiro atoms. The van der Waals surface area contributed by atoms with Gasteiger partial charge in [0.05, 0.1) is 19.3 Å². The van der Waals surface area contributed by atoms with E-state index in [-0.39, 0.29) is 17.6 Å². The SMILES string of the molecule is N#C/C(=C/NCCCN1CCOCC1)C(=O)NCC1CCCO1. The highest BCUT2D eigenvalue weighted by atomic mass is 16.5. The minimum Gasteiger partial charge on any atom is -0.390 e. The molecular formula is C16H26N4O3. The lowest BCUT2D eigenvalue weighted by molar-refractivity contribution is -0.117. The van der Waals surface area contributed by atoms with Crippen LogP contribution < -0.4 is 10.6 Å². The van der Waals surface area contributed by atoms with Gasteiger partial charge in [0.1, 0.15) is 11.6 Å². The summed E-state index contributed by atoms with van der Waals surface area (Å²) in [5.41, 5.74) is 0.106. The molecule has 1 atom stereocenters. The molecule has 0 aliphatic carbocycles. The molecule has 1 amide bonds. The molecule has 0 saturated carbocycles. The normalized spacial score (nSPS) is 22.6. The number of amides is 1. The van der Waals surface area contributed by atoms with Crippen molar-refractivity contribution in [2.24, 2.45) is 0 Å². The molecule has 0 aromatic heterocycles. The van der Waals surface area contributed by atoms with Crippen LogP contribution in [0.3, 0.4) is 0 Å². The van der Waals surface area contributed by atoms with Crippen molar-refractivity contribution in [1.29, 1.82) is 5.26 Å². The van der Waals surface area contributed by atoms with Gasteiger partial charge in [-0.25, -0.2) is 0 Å². The number of nitriles is 1. The smallest absolute Gasteiger partial charge is 0.263 e. The van der Waals surface area contributed by atoms with Gasteiger partial charge in [0.15, 0.2) is 0 Å². The molecule has 2 rings (SSSR count). The summed E-state index contributed by atoms with van der Waals surface area (Å²) in [5, 5.41) is 14.9. The van der Waals surface area contributed by atoms with E-state index in [0.29, 0.717) is 6.54 Å². The maximum atomic E-state index is 11.9. The van der Waals surface area contributed by atoms with E-state index in [2.05, 4.69) is 15.5 Å². The summed E-state index contributed by atoms with van der Waals surface area (Å²) in [6.45, 7) is 6.52. The highest BCUT2D eigenvalue weighted by molar-refractivity contribution is 5.97. The third kappa shape index (κ3) is 6.57. The molecule has 2 N–H and O–H groups in total. The van der Waals surface area contributed by atoms with Crippen LogP contribution in [0, 0.1) is 11.3 Å². The lowest BCUT2D eigenvalue weighted by Gasteiger charge is -2.26. The Labute approximate surface area is 137 Å². The second kappa shape index (κ2) is 10.2. The van der Waals surface area contributed by atoms with E-state index in [4.69, 9.17) is 14.7 Å². The van der Waals surface area contributed by atoms with Crippen LogP contribution in [0.25, 0.3) is 0 Å². The van der Waals surface area contributed by atoms with Crippen molar-refractivity contribution in [2.75, 3.05) is 52.5 Å². The maximum Gasteiger partial charge on any atom is 0.263 e. The molecule has 0 bridgehead atoms. The van der Waals surface area contributed by atoms with Crippen LogP contribution >= 0.6 is 0 Å². The Balaban J connectivity index is 1.60. The molecule has 1 unspecified atom stereocenters. The molecule has 2 heterocycles. The van der Waals surface area contributed by atoms with Crippen molar-refractivity contribution in [3.05, 3.63) is 11.8 Å². The van der Waals surface area contributed by atoms with E-state index in [0.717, 1.165) is 65.3 Å². The van der Waals surface area contributed by atoms with Crippen LogP contribution in [0.15, 0.2) is 11.8 Å². The van der Waals surface area contributed by atoms with Gasteiger partial charge in [0, 0.05) is 39.0 Å². The third-order valence-corrected chi connectivity index (χ3v) is 4.02. The molecule has 0 aromatic rings. The Kier molecular flexibility index (Phi) is 7.87. The molecule has 7 heteroatoms. The van der Waals surface area contributed by atoms with Crippen LogP contribution in [-0.2, 0) is 14.3 Å². The van der Waals surface area contributed by atoms with E-state index in [1.54, 1.807) is 0 Å². The summed E-state index contributed by atoms with van der Waals surface area (Å²) in [6.07, 6.45) is 4.55. The maximum absolute atomic E-state index is 11.9. The summed E-state index contributed by atoms with van der Waals surface area (Å²) in [4.78, 5) is 14.3. The molecule has 2 aliphatic heterocycles. The minimum absolute atomic E-state index is 0.0837. The summed E-state index contributed by atoms with van der Waals surface area (Å²) in [6, 6.07) is 1.94. The highest BCUT2D eigenvalue weighted by Gasteiger charge is 2.17. The Morgan fingerprint density at radius 3 is 2.87 bits per heavy atom. The van der Waals surface area contributed by atoms with Crippen molar-refractivity contribution in [3.8, 4) is 6.07 Å². The van der Waals surface area contributed by atoms with Gasteiger partial charge in [0.25, 0.3) is 5.91 Å². The van der Waals surface area contributed by atoms with E-state index < -0.39 is 0 Å². The van der Waals surface area contributed by atoms with Gasteiger partial charge in [-0.3, -0.25) is 9.69 Å². The van der Waals surface area contributed by atoms with Crippen LogP contribution in [0.1, 0.15) is 19.3 Å². The van der Waals surface area contributed by atoms with Crippen molar-refractivity contribution in [1.82, 2.24) is 15.5 Å². The summed E-state index contributed by atoms with van der Waals surface area (Å²) < 4.78 is 10.7. The van der Waals surface area contributed by atoms with Crippen molar-refractivity contribution in [3.63, 3.8) is 0 Å². The molecule has 0 radical (unpaired) electrons. The lowest BCUT2D eigenvalue weighted by atomic mass is 10.2. The average Bonchev–Trinajstić information content (AvgIpc) is 3.10. The number of nitrogens with one attached hydrogen (secondary N) is 2. The third-order valence-electron chi connectivity index (χ3n) is 4.02. The van der Waals surface area contributed by atoms with Gasteiger partial charge in [0.2, 0.25) is 0 Å². The molecule has 0 aromatic carbocycles. The Morgan fingerprint density at radius 1 is 1.35 bits per heavy atom. The Bertz CT molecular complexity index is 435. The van der Waals surface area contributed by atoms with Crippen LogP contribution in [-0.4, -0.2) is 69.5 Å². The van der Waals surface area contributed by atoms with Crippen LogP contribution in [0.5, 0.6) is 0 Å². The molecular weight excluding hydrogens is 296 g/mol. The fourth-order valence-electron chi connectivity index (χ4n) is 2.66. The summed E-state index contributed by atoms with van der Waals surface area (Å²) in [5.74, 6) is -0.344. The number of carbonyl (C=O) groups is 1. The predicted molar refractivity (Wildman–Crippen MR) is 85.6 cm³/mol. The summed E-state index contributed by atoms with van der Waals surface area (Å²) in [7, 11) is 0. The number of rotatable bonds is 8. The van der Waals surface area contributed by atoms with E-state index in [9.17, 15) is 4.79 Å². The Morgan fingerprint density at radius 2 is 2.17 bits per heavy atom. The van der Waals surface area contributed by atoms with E-state index >= 15 is 0 Å². The zero-order valence-corrected chi connectivity index (χ0v) is 13.6. The molecule has 23 heavy (non-hydrogen) atoms. The molecule has 128 valence electrons. The van der Waals surface area contributed by atoms with Crippen molar-refractivity contribution < 1.29 is 14.3 Å². The first-order valence-corrected chi connectivity index (χ1v) is 8.33. The highest BCUT2D eigenvalue weighted by Crippen LogP contribution is 2.10. The van der Waals surface area contributed by atoms with Crippen LogP contribution in [0.4, 0.5) is 0 Å². The number of hydrogen-bond acceptors (Lipinski definition) is 6. The lowest BCUT2D eigenvalue weighted by Crippen LogP contribution is -2.37. The average molecular weight is 322 g/mol. The first-order valence-electron chi connectivity index (χ1n) is 8.33. The minimum atomic E-state index is -0.344. The van der Waals surface area contributed by atoms with Crippen LogP contribution in [0.2, 0.25) is 0 Å². The Hall–Kier alpha value is -1.62. The van der Waals surface area contributed by atoms with Gasteiger partial charge in [-0.05, 0) is 25.8 Å². The predicted octanol–water partition coefficient (Wildman–Crippen LogP) is 0.000980. The van der Waals surface area contributed by atoms with Crippen molar-refractivity contribution in [2.45, 2.75) is 25.4 Å².